The van der Waals surface area contributed by atoms with Crippen molar-refractivity contribution in [3.8, 4) is 0 Å². The van der Waals surface area contributed by atoms with Gasteiger partial charge in [-0.3, -0.25) is 9.13 Å². The van der Waals surface area contributed by atoms with Crippen LogP contribution in [-0.4, -0.2) is 55.7 Å². The maximum absolute atomic E-state index is 14.8. The first-order chi connectivity index (χ1) is 13.5. The summed E-state index contributed by atoms with van der Waals surface area (Å²) in [6.45, 7) is 1.96. The summed E-state index contributed by atoms with van der Waals surface area (Å²) in [7, 11) is -4.77. The van der Waals surface area contributed by atoms with Gasteiger partial charge in [-0.05, 0) is 13.8 Å². The predicted molar refractivity (Wildman–Crippen MR) is 99.7 cm³/mol. The molecule has 1 fully saturated rings. The molecule has 162 valence electrons. The van der Waals surface area contributed by atoms with Crippen molar-refractivity contribution in [3.05, 3.63) is 11.5 Å². The number of nitrogen functional groups attached to an aromatic ring is 1. The number of halogens is 3. The highest BCUT2D eigenvalue weighted by Gasteiger charge is 2.59. The molecule has 1 aliphatic rings. The van der Waals surface area contributed by atoms with Gasteiger partial charge in [0, 0.05) is 6.42 Å². The first-order valence-corrected chi connectivity index (χ1v) is 10.7. The molecular weight excluding hydrogens is 435 g/mol. The summed E-state index contributed by atoms with van der Waals surface area (Å²) in [4.78, 5) is 11.9. The molecule has 0 unspecified atom stereocenters. The Hall–Kier alpha value is -1.43. The summed E-state index contributed by atoms with van der Waals surface area (Å²) in [5, 5.41) is 10.8. The van der Waals surface area contributed by atoms with Gasteiger partial charge < -0.3 is 24.6 Å². The van der Waals surface area contributed by atoms with Gasteiger partial charge in [0.05, 0.1) is 38.2 Å². The quantitative estimate of drug-likeness (QED) is 0.455. The van der Waals surface area contributed by atoms with Gasteiger partial charge in [-0.2, -0.15) is 18.7 Å². The molecule has 0 spiro atoms. The standard InChI is InChI=1S/C15H21ClF2N5O5P/c1-3-27-29(25,28-4-2)15(17,18)6-14(24)5-9(26-7-14)23-8-20-10-11(16)21-13(19)22-12(10)23/h8-9,24H,3-7H2,1-2H3,(H2,19,21,22)/t9-,14-/m1/s1. The highest BCUT2D eigenvalue weighted by Crippen LogP contribution is 2.65. The van der Waals surface area contributed by atoms with Crippen LogP contribution in [0.1, 0.15) is 32.9 Å². The van der Waals surface area contributed by atoms with Crippen LogP contribution in [0, 0.1) is 0 Å². The topological polar surface area (TPSA) is 135 Å². The zero-order valence-corrected chi connectivity index (χ0v) is 17.4. The largest absolute Gasteiger partial charge is 0.399 e. The molecule has 3 heterocycles. The van der Waals surface area contributed by atoms with Crippen LogP contribution in [0.25, 0.3) is 11.2 Å². The van der Waals surface area contributed by atoms with Crippen molar-refractivity contribution in [1.82, 2.24) is 19.5 Å². The van der Waals surface area contributed by atoms with Gasteiger partial charge in [0.2, 0.25) is 5.95 Å². The van der Waals surface area contributed by atoms with E-state index in [4.69, 9.17) is 31.1 Å². The van der Waals surface area contributed by atoms with E-state index in [2.05, 4.69) is 15.0 Å². The predicted octanol–water partition coefficient (Wildman–Crippen LogP) is 2.96. The Morgan fingerprint density at radius 3 is 2.72 bits per heavy atom. The molecule has 2 aromatic heterocycles. The van der Waals surface area contributed by atoms with Gasteiger partial charge in [-0.25, -0.2) is 4.98 Å². The minimum atomic E-state index is -4.77. The van der Waals surface area contributed by atoms with E-state index in [9.17, 15) is 18.5 Å². The fourth-order valence-corrected chi connectivity index (χ4v) is 5.00. The second-order valence-electron chi connectivity index (χ2n) is 6.57. The van der Waals surface area contributed by atoms with Gasteiger partial charge >= 0.3 is 13.3 Å². The van der Waals surface area contributed by atoms with Gasteiger partial charge in [0.1, 0.15) is 11.7 Å². The van der Waals surface area contributed by atoms with Crippen LogP contribution >= 0.6 is 19.2 Å². The third kappa shape index (κ3) is 4.23. The van der Waals surface area contributed by atoms with Crippen molar-refractivity contribution in [2.75, 3.05) is 25.6 Å². The molecule has 14 heteroatoms. The average molecular weight is 456 g/mol. The molecule has 0 saturated carbocycles. The summed E-state index contributed by atoms with van der Waals surface area (Å²) in [6, 6.07) is 0. The van der Waals surface area contributed by atoms with E-state index in [1.807, 2.05) is 0 Å². The lowest BCUT2D eigenvalue weighted by molar-refractivity contribution is -0.0614. The Kier molecular flexibility index (Phi) is 6.15. The number of rotatable bonds is 8. The van der Waals surface area contributed by atoms with Crippen molar-refractivity contribution in [3.63, 3.8) is 0 Å². The zero-order valence-electron chi connectivity index (χ0n) is 15.7. The molecular formula is C15H21ClF2N5O5P. The summed E-state index contributed by atoms with van der Waals surface area (Å²) < 4.78 is 58.5. The fourth-order valence-electron chi connectivity index (χ4n) is 3.16. The Labute approximate surface area is 169 Å². The van der Waals surface area contributed by atoms with Crippen LogP contribution in [0.15, 0.2) is 6.33 Å². The molecule has 3 N–H and O–H groups in total. The minimum absolute atomic E-state index is 0.0282. The number of anilines is 1. The molecule has 3 rings (SSSR count). The van der Waals surface area contributed by atoms with Crippen LogP contribution in [0.4, 0.5) is 14.7 Å². The third-order valence-corrected chi connectivity index (χ3v) is 6.77. The van der Waals surface area contributed by atoms with E-state index in [0.717, 1.165) is 0 Å². The van der Waals surface area contributed by atoms with E-state index < -0.39 is 38.1 Å². The molecule has 0 bridgehead atoms. The molecule has 1 saturated heterocycles. The van der Waals surface area contributed by atoms with Crippen LogP contribution in [0.2, 0.25) is 5.15 Å². The molecule has 0 amide bonds. The van der Waals surface area contributed by atoms with Crippen molar-refractivity contribution in [1.29, 1.82) is 0 Å². The lowest BCUT2D eigenvalue weighted by atomic mass is 9.98. The molecule has 2 aromatic rings. The number of nitrogens with two attached hydrogens (primary N) is 1. The third-order valence-electron chi connectivity index (χ3n) is 4.35. The Morgan fingerprint density at radius 1 is 1.45 bits per heavy atom. The number of hydrogen-bond acceptors (Lipinski definition) is 9. The average Bonchev–Trinajstić information content (AvgIpc) is 3.18. The van der Waals surface area contributed by atoms with Crippen molar-refractivity contribution >= 4 is 36.3 Å². The van der Waals surface area contributed by atoms with Gasteiger partial charge in [-0.1, -0.05) is 11.6 Å². The second-order valence-corrected chi connectivity index (χ2v) is 9.09. The Morgan fingerprint density at radius 2 is 2.10 bits per heavy atom. The monoisotopic (exact) mass is 455 g/mol. The molecule has 0 aromatic carbocycles. The smallest absolute Gasteiger partial charge is 0.387 e. The number of fused-ring (bicyclic) bond motifs is 1. The molecule has 1 aliphatic heterocycles. The number of alkyl halides is 2. The van der Waals surface area contributed by atoms with E-state index in [1.54, 1.807) is 0 Å². The van der Waals surface area contributed by atoms with Crippen LogP contribution < -0.4 is 5.73 Å². The fraction of sp³-hybridized carbons (Fsp3) is 0.667. The SMILES string of the molecule is CCOP(=O)(OCC)C(F)(F)C[C@@]1(O)CO[C@@H](n2cnc3c(Cl)nc(N)nc32)C1. The van der Waals surface area contributed by atoms with E-state index in [1.165, 1.54) is 24.7 Å². The highest BCUT2D eigenvalue weighted by atomic mass is 35.5. The summed E-state index contributed by atoms with van der Waals surface area (Å²) >= 11 is 5.98. The van der Waals surface area contributed by atoms with Crippen molar-refractivity contribution < 1.29 is 32.2 Å². The normalized spacial score (nSPS) is 23.2. The number of hydrogen-bond donors (Lipinski definition) is 2. The Bertz CT molecular complexity index is 937. The zero-order chi connectivity index (χ0) is 21.4. The van der Waals surface area contributed by atoms with Crippen LogP contribution in [0.5, 0.6) is 0 Å². The number of aliphatic hydroxyl groups is 1. The molecule has 0 aliphatic carbocycles. The molecule has 2 atom stereocenters. The lowest BCUT2D eigenvalue weighted by Crippen LogP contribution is -2.38. The minimum Gasteiger partial charge on any atom is -0.387 e. The first kappa shape index (κ1) is 22.3. The maximum Gasteiger partial charge on any atom is 0.399 e. The summed E-state index contributed by atoms with van der Waals surface area (Å²) in [5.41, 5.74) is 0.176. The first-order valence-electron chi connectivity index (χ1n) is 8.81. The summed E-state index contributed by atoms with van der Waals surface area (Å²) in [5.74, 6) is -0.0987. The lowest BCUT2D eigenvalue weighted by Gasteiger charge is -2.31. The maximum atomic E-state index is 14.8. The van der Waals surface area contributed by atoms with E-state index in [0.29, 0.717) is 0 Å². The number of ether oxygens (including phenoxy) is 1. The second kappa shape index (κ2) is 8.01. The Balaban J connectivity index is 1.83. The molecule has 0 radical (unpaired) electrons. The molecule has 29 heavy (non-hydrogen) atoms. The van der Waals surface area contributed by atoms with Gasteiger partial charge in [-0.15, -0.1) is 0 Å². The summed E-state index contributed by atoms with van der Waals surface area (Å²) in [6.07, 6.45) is -0.943. The number of aromatic nitrogens is 4. The highest BCUT2D eigenvalue weighted by molar-refractivity contribution is 7.55. The number of imidazole rings is 1. The van der Waals surface area contributed by atoms with Crippen molar-refractivity contribution in [2.24, 2.45) is 0 Å². The van der Waals surface area contributed by atoms with Gasteiger partial charge in [0.25, 0.3) is 0 Å². The van der Waals surface area contributed by atoms with Crippen LogP contribution in [0.3, 0.4) is 0 Å². The van der Waals surface area contributed by atoms with E-state index in [-0.39, 0.29) is 41.9 Å². The molecule has 10 nitrogen and oxygen atoms in total. The van der Waals surface area contributed by atoms with E-state index >= 15 is 0 Å². The van der Waals surface area contributed by atoms with Crippen molar-refractivity contribution in [2.45, 2.75) is 44.2 Å². The number of nitrogens with zero attached hydrogens (tertiary/aromatic N) is 4. The van der Waals surface area contributed by atoms with Gasteiger partial charge in [0.15, 0.2) is 10.8 Å². The van der Waals surface area contributed by atoms with Crippen LogP contribution in [-0.2, 0) is 18.3 Å².